The first kappa shape index (κ1) is 10.8. The second-order valence-electron chi connectivity index (χ2n) is 2.74. The summed E-state index contributed by atoms with van der Waals surface area (Å²) in [4.78, 5) is 11.0. The Morgan fingerprint density at radius 1 is 1.45 bits per heavy atom. The molecule has 0 aromatic rings. The van der Waals surface area contributed by atoms with E-state index in [9.17, 15) is 4.79 Å². The lowest BCUT2D eigenvalue weighted by Crippen LogP contribution is -1.97. The van der Waals surface area contributed by atoms with E-state index in [1.54, 1.807) is 17.8 Å². The van der Waals surface area contributed by atoms with E-state index in [-0.39, 0.29) is 5.78 Å². The molecular formula is C9H16OS. The SMILES string of the molecule is CCCSCC(=O)C=C(C)C. The summed E-state index contributed by atoms with van der Waals surface area (Å²) in [5.74, 6) is 1.96. The molecular weight excluding hydrogens is 156 g/mol. The monoisotopic (exact) mass is 172 g/mol. The minimum atomic E-state index is 0.239. The van der Waals surface area contributed by atoms with Crippen molar-refractivity contribution < 1.29 is 4.79 Å². The van der Waals surface area contributed by atoms with Gasteiger partial charge in [0.15, 0.2) is 5.78 Å². The van der Waals surface area contributed by atoms with Crippen LogP contribution < -0.4 is 0 Å². The number of hydrogen-bond donors (Lipinski definition) is 0. The Hall–Kier alpha value is -0.240. The summed E-state index contributed by atoms with van der Waals surface area (Å²) in [6.07, 6.45) is 2.86. The fourth-order valence-electron chi connectivity index (χ4n) is 0.681. The van der Waals surface area contributed by atoms with Crippen molar-refractivity contribution in [1.29, 1.82) is 0 Å². The van der Waals surface area contributed by atoms with Crippen LogP contribution in [0.1, 0.15) is 27.2 Å². The first-order valence-corrected chi connectivity index (χ1v) is 5.07. The van der Waals surface area contributed by atoms with Crippen LogP contribution in [0.25, 0.3) is 0 Å². The highest BCUT2D eigenvalue weighted by atomic mass is 32.2. The van der Waals surface area contributed by atoms with Crippen LogP contribution in [0.4, 0.5) is 0 Å². The highest BCUT2D eigenvalue weighted by Gasteiger charge is 1.95. The first-order valence-electron chi connectivity index (χ1n) is 3.92. The van der Waals surface area contributed by atoms with Gasteiger partial charge in [0.2, 0.25) is 0 Å². The zero-order valence-electron chi connectivity index (χ0n) is 7.52. The Balaban J connectivity index is 3.46. The molecule has 64 valence electrons. The smallest absolute Gasteiger partial charge is 0.165 e. The Bertz CT molecular complexity index is 146. The Kier molecular flexibility index (Phi) is 6.33. The maximum absolute atomic E-state index is 11.0. The minimum Gasteiger partial charge on any atom is -0.294 e. The van der Waals surface area contributed by atoms with Gasteiger partial charge in [-0.3, -0.25) is 4.79 Å². The molecule has 1 nitrogen and oxygen atoms in total. The minimum absolute atomic E-state index is 0.239. The number of carbonyl (C=O) groups excluding carboxylic acids is 1. The largest absolute Gasteiger partial charge is 0.294 e. The topological polar surface area (TPSA) is 17.1 Å². The summed E-state index contributed by atoms with van der Waals surface area (Å²) in [5, 5.41) is 0. The lowest BCUT2D eigenvalue weighted by molar-refractivity contribution is -0.112. The molecule has 0 unspecified atom stereocenters. The van der Waals surface area contributed by atoms with Gasteiger partial charge in [0.1, 0.15) is 0 Å². The lowest BCUT2D eigenvalue weighted by atomic mass is 10.3. The molecule has 0 aliphatic rings. The predicted molar refractivity (Wildman–Crippen MR) is 52.1 cm³/mol. The quantitative estimate of drug-likeness (QED) is 0.468. The highest BCUT2D eigenvalue weighted by molar-refractivity contribution is 7.99. The van der Waals surface area contributed by atoms with E-state index in [4.69, 9.17) is 0 Å². The highest BCUT2D eigenvalue weighted by Crippen LogP contribution is 2.03. The summed E-state index contributed by atoms with van der Waals surface area (Å²) in [6, 6.07) is 0. The second-order valence-corrected chi connectivity index (χ2v) is 3.85. The third kappa shape index (κ3) is 7.66. The number of thioether (sulfide) groups is 1. The average molecular weight is 172 g/mol. The zero-order chi connectivity index (χ0) is 8.69. The average Bonchev–Trinajstić information content (AvgIpc) is 1.86. The molecule has 0 heterocycles. The van der Waals surface area contributed by atoms with E-state index in [1.807, 2.05) is 13.8 Å². The molecule has 0 spiro atoms. The van der Waals surface area contributed by atoms with Crippen molar-refractivity contribution in [3.8, 4) is 0 Å². The molecule has 0 bridgehead atoms. The normalized spacial score (nSPS) is 9.36. The van der Waals surface area contributed by atoms with E-state index in [2.05, 4.69) is 6.92 Å². The van der Waals surface area contributed by atoms with E-state index >= 15 is 0 Å². The fraction of sp³-hybridized carbons (Fsp3) is 0.667. The van der Waals surface area contributed by atoms with Crippen LogP contribution in [0.2, 0.25) is 0 Å². The van der Waals surface area contributed by atoms with Gasteiger partial charge in [-0.2, -0.15) is 11.8 Å². The molecule has 2 heteroatoms. The van der Waals surface area contributed by atoms with E-state index in [0.717, 1.165) is 17.7 Å². The summed E-state index contributed by atoms with van der Waals surface area (Å²) in [6.45, 7) is 6.02. The van der Waals surface area contributed by atoms with E-state index in [1.165, 1.54) is 0 Å². The molecule has 0 aliphatic heterocycles. The number of carbonyl (C=O) groups is 1. The van der Waals surface area contributed by atoms with Crippen LogP contribution in [0, 0.1) is 0 Å². The standard InChI is InChI=1S/C9H16OS/c1-4-5-11-7-9(10)6-8(2)3/h6H,4-5,7H2,1-3H3. The Labute approximate surface area is 73.3 Å². The molecule has 11 heavy (non-hydrogen) atoms. The fourth-order valence-corrected chi connectivity index (χ4v) is 1.40. The van der Waals surface area contributed by atoms with Crippen LogP contribution in [0.5, 0.6) is 0 Å². The van der Waals surface area contributed by atoms with Gasteiger partial charge in [0.05, 0.1) is 5.75 Å². The maximum Gasteiger partial charge on any atom is 0.165 e. The van der Waals surface area contributed by atoms with Crippen molar-refractivity contribution in [1.82, 2.24) is 0 Å². The molecule has 0 amide bonds. The van der Waals surface area contributed by atoms with Crippen LogP contribution in [-0.2, 0) is 4.79 Å². The first-order chi connectivity index (χ1) is 5.16. The molecule has 0 N–H and O–H groups in total. The number of hydrogen-bond acceptors (Lipinski definition) is 2. The summed E-state index contributed by atoms with van der Waals surface area (Å²) >= 11 is 1.71. The predicted octanol–water partition coefficient (Wildman–Crippen LogP) is 2.66. The van der Waals surface area contributed by atoms with Crippen LogP contribution in [0.3, 0.4) is 0 Å². The van der Waals surface area contributed by atoms with Gasteiger partial charge in [-0.05, 0) is 32.1 Å². The van der Waals surface area contributed by atoms with Crippen LogP contribution in [-0.4, -0.2) is 17.3 Å². The molecule has 0 atom stereocenters. The van der Waals surface area contributed by atoms with Gasteiger partial charge in [0.25, 0.3) is 0 Å². The van der Waals surface area contributed by atoms with E-state index < -0.39 is 0 Å². The van der Waals surface area contributed by atoms with Crippen molar-refractivity contribution in [2.24, 2.45) is 0 Å². The second kappa shape index (κ2) is 6.47. The van der Waals surface area contributed by atoms with Crippen molar-refractivity contribution in [2.75, 3.05) is 11.5 Å². The van der Waals surface area contributed by atoms with Gasteiger partial charge in [-0.1, -0.05) is 12.5 Å². The summed E-state index contributed by atoms with van der Waals surface area (Å²) in [5.41, 5.74) is 1.09. The third-order valence-electron chi connectivity index (χ3n) is 1.04. The third-order valence-corrected chi connectivity index (χ3v) is 2.23. The van der Waals surface area contributed by atoms with Crippen molar-refractivity contribution in [3.05, 3.63) is 11.6 Å². The van der Waals surface area contributed by atoms with Crippen molar-refractivity contribution in [2.45, 2.75) is 27.2 Å². The molecule has 0 fully saturated rings. The lowest BCUT2D eigenvalue weighted by Gasteiger charge is -1.94. The van der Waals surface area contributed by atoms with Crippen molar-refractivity contribution >= 4 is 17.5 Å². The van der Waals surface area contributed by atoms with Crippen molar-refractivity contribution in [3.63, 3.8) is 0 Å². The number of rotatable bonds is 5. The Morgan fingerprint density at radius 3 is 2.55 bits per heavy atom. The summed E-state index contributed by atoms with van der Waals surface area (Å²) < 4.78 is 0. The van der Waals surface area contributed by atoms with Gasteiger partial charge >= 0.3 is 0 Å². The molecule has 0 aromatic carbocycles. The van der Waals surface area contributed by atoms with Crippen LogP contribution >= 0.6 is 11.8 Å². The van der Waals surface area contributed by atoms with Crippen LogP contribution in [0.15, 0.2) is 11.6 Å². The molecule has 0 aromatic heterocycles. The molecule has 0 aliphatic carbocycles. The number of ketones is 1. The number of allylic oxidation sites excluding steroid dienone is 2. The molecule has 0 rings (SSSR count). The zero-order valence-corrected chi connectivity index (χ0v) is 8.33. The molecule has 0 radical (unpaired) electrons. The summed E-state index contributed by atoms with van der Waals surface area (Å²) in [7, 11) is 0. The van der Waals surface area contributed by atoms with E-state index in [0.29, 0.717) is 5.75 Å². The molecule has 0 saturated heterocycles. The van der Waals surface area contributed by atoms with Gasteiger partial charge in [-0.15, -0.1) is 0 Å². The maximum atomic E-state index is 11.0. The Morgan fingerprint density at radius 2 is 2.09 bits per heavy atom. The van der Waals surface area contributed by atoms with Gasteiger partial charge in [-0.25, -0.2) is 0 Å². The van der Waals surface area contributed by atoms with Gasteiger partial charge in [0, 0.05) is 0 Å². The van der Waals surface area contributed by atoms with Gasteiger partial charge < -0.3 is 0 Å². The molecule has 0 saturated carbocycles.